The summed E-state index contributed by atoms with van der Waals surface area (Å²) in [7, 11) is -3.58. The first kappa shape index (κ1) is 20.2. The molecular weight excluding hydrogens is 386 g/mol. The summed E-state index contributed by atoms with van der Waals surface area (Å²) in [6, 6.07) is 4.87. The van der Waals surface area contributed by atoms with E-state index in [-0.39, 0.29) is 35.0 Å². The van der Waals surface area contributed by atoms with Crippen LogP contribution < -0.4 is 10.2 Å². The van der Waals surface area contributed by atoms with E-state index in [0.29, 0.717) is 18.8 Å². The number of nitrogens with zero attached hydrogens (tertiary/aromatic N) is 2. The summed E-state index contributed by atoms with van der Waals surface area (Å²) in [5.74, 6) is -0.201. The molecule has 2 aliphatic heterocycles. The highest BCUT2D eigenvalue weighted by Gasteiger charge is 2.31. The Hall–Kier alpha value is -1.58. The molecule has 0 unspecified atom stereocenters. The lowest BCUT2D eigenvalue weighted by Crippen LogP contribution is -2.45. The van der Waals surface area contributed by atoms with Crippen molar-refractivity contribution in [2.45, 2.75) is 48.9 Å². The van der Waals surface area contributed by atoms with Gasteiger partial charge in [-0.15, -0.1) is 11.8 Å². The zero-order valence-electron chi connectivity index (χ0n) is 15.6. The molecule has 2 aliphatic rings. The van der Waals surface area contributed by atoms with Crippen molar-refractivity contribution in [1.29, 1.82) is 0 Å². The second-order valence-corrected chi connectivity index (χ2v) is 9.84. The van der Waals surface area contributed by atoms with Crippen molar-refractivity contribution in [2.24, 2.45) is 0 Å². The second kappa shape index (κ2) is 8.20. The quantitative estimate of drug-likeness (QED) is 0.772. The minimum Gasteiger partial charge on any atom is -0.352 e. The van der Waals surface area contributed by atoms with Gasteiger partial charge in [0.25, 0.3) is 0 Å². The van der Waals surface area contributed by atoms with Crippen LogP contribution in [-0.2, 0) is 19.6 Å². The molecule has 0 aliphatic carbocycles. The summed E-state index contributed by atoms with van der Waals surface area (Å²) in [6.07, 6.45) is 2.52. The highest BCUT2D eigenvalue weighted by molar-refractivity contribution is 8.00. The number of fused-ring (bicyclic) bond motifs is 1. The molecule has 0 aromatic heterocycles. The highest BCUT2D eigenvalue weighted by atomic mass is 32.2. The van der Waals surface area contributed by atoms with Crippen molar-refractivity contribution in [1.82, 2.24) is 9.62 Å². The van der Waals surface area contributed by atoms with E-state index in [2.05, 4.69) is 5.32 Å². The molecule has 3 rings (SSSR count). The predicted molar refractivity (Wildman–Crippen MR) is 105 cm³/mol. The van der Waals surface area contributed by atoms with Crippen molar-refractivity contribution in [3.63, 3.8) is 0 Å². The van der Waals surface area contributed by atoms with E-state index in [4.69, 9.17) is 0 Å². The van der Waals surface area contributed by atoms with Gasteiger partial charge in [0.2, 0.25) is 21.8 Å². The van der Waals surface area contributed by atoms with E-state index >= 15 is 0 Å². The minimum atomic E-state index is -3.58. The van der Waals surface area contributed by atoms with E-state index in [1.165, 1.54) is 27.0 Å². The van der Waals surface area contributed by atoms with Crippen molar-refractivity contribution in [3.05, 3.63) is 18.2 Å². The van der Waals surface area contributed by atoms with Crippen LogP contribution in [0.15, 0.2) is 28.0 Å². The average molecular weight is 412 g/mol. The average Bonchev–Trinajstić information content (AvgIpc) is 3.19. The monoisotopic (exact) mass is 411 g/mol. The number of nitrogens with one attached hydrogen (secondary N) is 1. The molecule has 1 saturated heterocycles. The Bertz CT molecular complexity index is 835. The number of thioether (sulfide) groups is 1. The number of amides is 2. The molecule has 1 aromatic rings. The number of anilines is 1. The first-order valence-corrected chi connectivity index (χ1v) is 11.6. The topological polar surface area (TPSA) is 86.8 Å². The molecule has 1 atom stereocenters. The third kappa shape index (κ3) is 4.30. The normalized spacial score (nSPS) is 19.0. The molecule has 148 valence electrons. The van der Waals surface area contributed by atoms with Crippen LogP contribution in [-0.4, -0.2) is 56.0 Å². The van der Waals surface area contributed by atoms with Gasteiger partial charge in [-0.2, -0.15) is 4.31 Å². The molecule has 7 nitrogen and oxygen atoms in total. The number of rotatable bonds is 6. The SMILES string of the molecule is CC[C@H](C)NC(=O)CN1C(=O)CSc2ccc(S(=O)(=O)N3CCCC3)cc21. The van der Waals surface area contributed by atoms with E-state index in [1.54, 1.807) is 12.1 Å². The number of sulfonamides is 1. The molecule has 0 spiro atoms. The fourth-order valence-corrected chi connectivity index (χ4v) is 5.61. The number of carbonyl (C=O) groups is 2. The van der Waals surface area contributed by atoms with Crippen LogP contribution in [0.2, 0.25) is 0 Å². The summed E-state index contributed by atoms with van der Waals surface area (Å²) in [5, 5.41) is 2.85. The Kier molecular flexibility index (Phi) is 6.12. The molecule has 2 heterocycles. The molecule has 27 heavy (non-hydrogen) atoms. The molecule has 1 N–H and O–H groups in total. The van der Waals surface area contributed by atoms with Crippen molar-refractivity contribution < 1.29 is 18.0 Å². The van der Waals surface area contributed by atoms with Crippen LogP contribution in [0.1, 0.15) is 33.1 Å². The third-order valence-electron chi connectivity index (χ3n) is 4.90. The van der Waals surface area contributed by atoms with Gasteiger partial charge in [0.05, 0.1) is 16.3 Å². The van der Waals surface area contributed by atoms with E-state index in [1.807, 2.05) is 13.8 Å². The molecule has 1 fully saturated rings. The molecule has 1 aromatic carbocycles. The van der Waals surface area contributed by atoms with Crippen molar-refractivity contribution >= 4 is 39.3 Å². The summed E-state index contributed by atoms with van der Waals surface area (Å²) >= 11 is 1.37. The van der Waals surface area contributed by atoms with Gasteiger partial charge in [-0.1, -0.05) is 6.92 Å². The number of hydrogen-bond donors (Lipinski definition) is 1. The molecule has 0 bridgehead atoms. The smallest absolute Gasteiger partial charge is 0.243 e. The number of hydrogen-bond acceptors (Lipinski definition) is 5. The maximum Gasteiger partial charge on any atom is 0.243 e. The Morgan fingerprint density at radius 3 is 2.67 bits per heavy atom. The summed E-state index contributed by atoms with van der Waals surface area (Å²) in [5.41, 5.74) is 0.496. The minimum absolute atomic E-state index is 0.0214. The highest BCUT2D eigenvalue weighted by Crippen LogP contribution is 2.37. The second-order valence-electron chi connectivity index (χ2n) is 6.89. The Morgan fingerprint density at radius 1 is 1.30 bits per heavy atom. The van der Waals surface area contributed by atoms with Gasteiger partial charge >= 0.3 is 0 Å². The van der Waals surface area contributed by atoms with E-state index < -0.39 is 10.0 Å². The third-order valence-corrected chi connectivity index (χ3v) is 7.84. The Labute approximate surface area is 164 Å². The van der Waals surface area contributed by atoms with Gasteiger partial charge in [-0.05, 0) is 44.4 Å². The largest absolute Gasteiger partial charge is 0.352 e. The summed E-state index contributed by atoms with van der Waals surface area (Å²) in [6.45, 7) is 4.81. The van der Waals surface area contributed by atoms with Crippen LogP contribution in [0.4, 0.5) is 5.69 Å². The maximum atomic E-state index is 12.9. The van der Waals surface area contributed by atoms with Gasteiger partial charge in [0.15, 0.2) is 0 Å². The Morgan fingerprint density at radius 2 is 2.00 bits per heavy atom. The van der Waals surface area contributed by atoms with Gasteiger partial charge < -0.3 is 10.2 Å². The zero-order valence-corrected chi connectivity index (χ0v) is 17.2. The molecule has 2 amide bonds. The fraction of sp³-hybridized carbons (Fsp3) is 0.556. The summed E-state index contributed by atoms with van der Waals surface area (Å²) in [4.78, 5) is 27.1. The van der Waals surface area contributed by atoms with E-state index in [0.717, 1.165) is 24.2 Å². The van der Waals surface area contributed by atoms with Crippen LogP contribution in [0.25, 0.3) is 0 Å². The first-order chi connectivity index (χ1) is 12.8. The lowest BCUT2D eigenvalue weighted by atomic mass is 10.2. The van der Waals surface area contributed by atoms with Crippen molar-refractivity contribution in [3.8, 4) is 0 Å². The van der Waals surface area contributed by atoms with Gasteiger partial charge in [-0.25, -0.2) is 8.42 Å². The Balaban J connectivity index is 1.89. The molecule has 0 radical (unpaired) electrons. The van der Waals surface area contributed by atoms with Crippen LogP contribution in [0.5, 0.6) is 0 Å². The van der Waals surface area contributed by atoms with Gasteiger partial charge in [-0.3, -0.25) is 9.59 Å². The molecular formula is C18H25N3O4S2. The van der Waals surface area contributed by atoms with E-state index in [9.17, 15) is 18.0 Å². The molecule has 0 saturated carbocycles. The van der Waals surface area contributed by atoms with Gasteiger partial charge in [0.1, 0.15) is 6.54 Å². The van der Waals surface area contributed by atoms with Crippen LogP contribution >= 0.6 is 11.8 Å². The number of carbonyl (C=O) groups excluding carboxylic acids is 2. The summed E-state index contributed by atoms with van der Waals surface area (Å²) < 4.78 is 27.2. The maximum absolute atomic E-state index is 12.9. The first-order valence-electron chi connectivity index (χ1n) is 9.19. The van der Waals surface area contributed by atoms with Crippen LogP contribution in [0.3, 0.4) is 0 Å². The molecule has 9 heteroatoms. The van der Waals surface area contributed by atoms with Crippen molar-refractivity contribution in [2.75, 3.05) is 30.3 Å². The lowest BCUT2D eigenvalue weighted by molar-refractivity contribution is -0.123. The lowest BCUT2D eigenvalue weighted by Gasteiger charge is -2.29. The standard InChI is InChI=1S/C18H25N3O4S2/c1-3-13(2)19-17(22)11-21-15-10-14(6-7-16(15)26-12-18(21)23)27(24,25)20-8-4-5-9-20/h6-7,10,13H,3-5,8-9,11-12H2,1-2H3,(H,19,22)/t13-/m0/s1. The van der Waals surface area contributed by atoms with Crippen LogP contribution in [0, 0.1) is 0 Å². The van der Waals surface area contributed by atoms with Gasteiger partial charge in [0, 0.05) is 24.0 Å². The number of benzene rings is 1. The fourth-order valence-electron chi connectivity index (χ4n) is 3.16. The zero-order chi connectivity index (χ0) is 19.6. The predicted octanol–water partition coefficient (Wildman–Crippen LogP) is 1.82.